The number of benzene rings is 2. The van der Waals surface area contributed by atoms with Crippen molar-refractivity contribution in [2.75, 3.05) is 0 Å². The highest BCUT2D eigenvalue weighted by Crippen LogP contribution is 2.30. The molecular weight excluding hydrogens is 265 g/mol. The largest absolute Gasteiger partial charge is 0.456 e. The summed E-state index contributed by atoms with van der Waals surface area (Å²) in [6, 6.07) is 12.8. The van der Waals surface area contributed by atoms with Gasteiger partial charge in [-0.15, -0.1) is 0 Å². The van der Waals surface area contributed by atoms with Gasteiger partial charge in [0.25, 0.3) is 0 Å². The van der Waals surface area contributed by atoms with Crippen LogP contribution in [-0.4, -0.2) is 0 Å². The Labute approximate surface area is 122 Å². The molecule has 0 bridgehead atoms. The number of para-hydroxylation sites is 1. The van der Waals surface area contributed by atoms with Crippen LogP contribution in [0.15, 0.2) is 46.9 Å². The monoisotopic (exact) mass is 281 g/mol. The average molecular weight is 281 g/mol. The van der Waals surface area contributed by atoms with Gasteiger partial charge in [0.2, 0.25) is 0 Å². The fourth-order valence-corrected chi connectivity index (χ4v) is 3.15. The van der Waals surface area contributed by atoms with Crippen molar-refractivity contribution in [1.29, 1.82) is 0 Å². The van der Waals surface area contributed by atoms with Gasteiger partial charge in [0, 0.05) is 5.39 Å². The summed E-state index contributed by atoms with van der Waals surface area (Å²) in [4.78, 5) is 0. The Balaban J connectivity index is 1.75. The lowest BCUT2D eigenvalue weighted by molar-refractivity contribution is 0.502. The molecule has 1 aromatic heterocycles. The predicted molar refractivity (Wildman–Crippen MR) is 80.7 cm³/mol. The van der Waals surface area contributed by atoms with Crippen LogP contribution < -0.4 is 5.73 Å². The molecule has 0 fully saturated rings. The average Bonchev–Trinajstić information content (AvgIpc) is 3.12. The Morgan fingerprint density at radius 2 is 1.90 bits per heavy atom. The zero-order chi connectivity index (χ0) is 14.4. The Bertz CT molecular complexity index is 821. The minimum atomic E-state index is -0.359. The lowest BCUT2D eigenvalue weighted by Crippen LogP contribution is -2.11. The fraction of sp³-hybridized carbons (Fsp3) is 0.222. The number of hydrogen-bond donors (Lipinski definition) is 1. The second-order valence-electron chi connectivity index (χ2n) is 5.67. The molecule has 0 radical (unpaired) electrons. The molecule has 1 atom stereocenters. The molecule has 4 rings (SSSR count). The van der Waals surface area contributed by atoms with Crippen LogP contribution >= 0.6 is 0 Å². The summed E-state index contributed by atoms with van der Waals surface area (Å²) in [7, 11) is 0. The summed E-state index contributed by atoms with van der Waals surface area (Å²) in [6.45, 7) is 0. The van der Waals surface area contributed by atoms with Gasteiger partial charge in [-0.3, -0.25) is 0 Å². The summed E-state index contributed by atoms with van der Waals surface area (Å²) in [5.41, 5.74) is 10.4. The first kappa shape index (κ1) is 12.6. The van der Waals surface area contributed by atoms with Crippen molar-refractivity contribution in [3.63, 3.8) is 0 Å². The molecule has 0 saturated heterocycles. The number of nitrogens with two attached hydrogens (primary N) is 1. The van der Waals surface area contributed by atoms with E-state index in [1.807, 2.05) is 12.1 Å². The lowest BCUT2D eigenvalue weighted by Gasteiger charge is -2.11. The molecule has 3 aromatic rings. The molecule has 1 heterocycles. The van der Waals surface area contributed by atoms with E-state index in [4.69, 9.17) is 10.2 Å². The second-order valence-corrected chi connectivity index (χ2v) is 5.67. The number of fused-ring (bicyclic) bond motifs is 2. The maximum absolute atomic E-state index is 13.7. The van der Waals surface area contributed by atoms with Crippen LogP contribution in [0.1, 0.15) is 34.9 Å². The molecule has 0 saturated carbocycles. The van der Waals surface area contributed by atoms with E-state index in [-0.39, 0.29) is 17.4 Å². The molecule has 1 unspecified atom stereocenters. The van der Waals surface area contributed by atoms with Gasteiger partial charge in [-0.2, -0.15) is 0 Å². The Morgan fingerprint density at radius 3 is 2.76 bits per heavy atom. The molecule has 2 nitrogen and oxygen atoms in total. The fourth-order valence-electron chi connectivity index (χ4n) is 3.15. The summed E-state index contributed by atoms with van der Waals surface area (Å²) >= 11 is 0. The molecule has 3 heteroatoms. The van der Waals surface area contributed by atoms with E-state index in [1.54, 1.807) is 6.07 Å². The Kier molecular flexibility index (Phi) is 2.82. The topological polar surface area (TPSA) is 39.2 Å². The van der Waals surface area contributed by atoms with Gasteiger partial charge in [0.1, 0.15) is 5.76 Å². The maximum atomic E-state index is 13.7. The molecular formula is C18H16FNO. The van der Waals surface area contributed by atoms with Crippen LogP contribution in [0.25, 0.3) is 11.0 Å². The van der Waals surface area contributed by atoms with Gasteiger partial charge >= 0.3 is 0 Å². The number of rotatable bonds is 2. The van der Waals surface area contributed by atoms with Crippen molar-refractivity contribution in [1.82, 2.24) is 0 Å². The summed E-state index contributed by atoms with van der Waals surface area (Å²) < 4.78 is 19.3. The number of furan rings is 1. The first-order chi connectivity index (χ1) is 10.2. The molecule has 1 aliphatic rings. The van der Waals surface area contributed by atoms with Crippen molar-refractivity contribution in [2.24, 2.45) is 5.73 Å². The molecule has 2 N–H and O–H groups in total. The van der Waals surface area contributed by atoms with E-state index in [9.17, 15) is 4.39 Å². The van der Waals surface area contributed by atoms with E-state index < -0.39 is 0 Å². The first-order valence-electron chi connectivity index (χ1n) is 7.27. The SMILES string of the molecule is NC(c1ccc2c(c1)CCC2)c1cc2cccc(F)c2o1. The Morgan fingerprint density at radius 1 is 1.05 bits per heavy atom. The number of hydrogen-bond acceptors (Lipinski definition) is 2. The van der Waals surface area contributed by atoms with Crippen molar-refractivity contribution in [2.45, 2.75) is 25.3 Å². The van der Waals surface area contributed by atoms with Crippen molar-refractivity contribution in [3.05, 3.63) is 70.7 Å². The zero-order valence-electron chi connectivity index (χ0n) is 11.6. The number of aryl methyl sites for hydroxylation is 2. The molecule has 21 heavy (non-hydrogen) atoms. The van der Waals surface area contributed by atoms with Crippen LogP contribution in [0, 0.1) is 5.82 Å². The minimum absolute atomic E-state index is 0.282. The van der Waals surface area contributed by atoms with E-state index in [0.717, 1.165) is 23.8 Å². The molecule has 1 aliphatic carbocycles. The van der Waals surface area contributed by atoms with Crippen molar-refractivity contribution >= 4 is 11.0 Å². The third kappa shape index (κ3) is 2.05. The van der Waals surface area contributed by atoms with Crippen LogP contribution in [0.4, 0.5) is 4.39 Å². The third-order valence-electron chi connectivity index (χ3n) is 4.30. The van der Waals surface area contributed by atoms with Gasteiger partial charge in [-0.25, -0.2) is 4.39 Å². The Hall–Kier alpha value is -2.13. The highest BCUT2D eigenvalue weighted by atomic mass is 19.1. The predicted octanol–water partition coefficient (Wildman–Crippen LogP) is 4.11. The highest BCUT2D eigenvalue weighted by molar-refractivity contribution is 5.78. The van der Waals surface area contributed by atoms with Gasteiger partial charge < -0.3 is 10.2 Å². The van der Waals surface area contributed by atoms with Gasteiger partial charge in [-0.05, 0) is 48.1 Å². The molecule has 2 aromatic carbocycles. The minimum Gasteiger partial charge on any atom is -0.456 e. The molecule has 0 amide bonds. The standard InChI is InChI=1S/C18H16FNO/c19-15-6-2-5-14-10-16(21-18(14)15)17(20)13-8-7-11-3-1-4-12(11)9-13/h2,5-10,17H,1,3-4,20H2. The van der Waals surface area contributed by atoms with Gasteiger partial charge in [0.15, 0.2) is 11.4 Å². The zero-order valence-corrected chi connectivity index (χ0v) is 11.6. The van der Waals surface area contributed by atoms with Crippen LogP contribution in [0.3, 0.4) is 0 Å². The van der Waals surface area contributed by atoms with Crippen LogP contribution in [0.5, 0.6) is 0 Å². The normalized spacial score (nSPS) is 15.3. The summed E-state index contributed by atoms with van der Waals surface area (Å²) in [5, 5.41) is 0.751. The lowest BCUT2D eigenvalue weighted by atomic mass is 10.00. The van der Waals surface area contributed by atoms with E-state index in [1.165, 1.54) is 23.6 Å². The quantitative estimate of drug-likeness (QED) is 0.767. The smallest absolute Gasteiger partial charge is 0.169 e. The second kappa shape index (κ2) is 4.71. The van der Waals surface area contributed by atoms with Gasteiger partial charge in [-0.1, -0.05) is 30.3 Å². The van der Waals surface area contributed by atoms with E-state index in [0.29, 0.717) is 5.76 Å². The molecule has 106 valence electrons. The third-order valence-corrected chi connectivity index (χ3v) is 4.30. The first-order valence-corrected chi connectivity index (χ1v) is 7.27. The van der Waals surface area contributed by atoms with E-state index in [2.05, 4.69) is 18.2 Å². The number of halogens is 1. The summed E-state index contributed by atoms with van der Waals surface area (Å²) in [6.07, 6.45) is 3.48. The van der Waals surface area contributed by atoms with Crippen LogP contribution in [-0.2, 0) is 12.8 Å². The van der Waals surface area contributed by atoms with Crippen LogP contribution in [0.2, 0.25) is 0 Å². The van der Waals surface area contributed by atoms with Gasteiger partial charge in [0.05, 0.1) is 6.04 Å². The van der Waals surface area contributed by atoms with Crippen molar-refractivity contribution < 1.29 is 8.81 Å². The summed E-state index contributed by atoms with van der Waals surface area (Å²) in [5.74, 6) is 0.257. The molecule has 0 aliphatic heterocycles. The maximum Gasteiger partial charge on any atom is 0.169 e. The van der Waals surface area contributed by atoms with E-state index >= 15 is 0 Å². The highest BCUT2D eigenvalue weighted by Gasteiger charge is 2.18. The molecule has 0 spiro atoms. The van der Waals surface area contributed by atoms with Crippen molar-refractivity contribution in [3.8, 4) is 0 Å².